The zero-order chi connectivity index (χ0) is 74.4. The molecule has 3 unspecified atom stereocenters. The summed E-state index contributed by atoms with van der Waals surface area (Å²) in [6, 6.07) is 0. The van der Waals surface area contributed by atoms with Gasteiger partial charge < -0.3 is 33.8 Å². The highest BCUT2D eigenvalue weighted by Crippen LogP contribution is 2.45. The van der Waals surface area contributed by atoms with E-state index in [1.807, 2.05) is 0 Å². The zero-order valence-corrected chi connectivity index (χ0v) is 68.2. The Kier molecular flexibility index (Phi) is 70.9. The van der Waals surface area contributed by atoms with Gasteiger partial charge in [0.25, 0.3) is 0 Å². The van der Waals surface area contributed by atoms with Crippen molar-refractivity contribution >= 4 is 39.5 Å². The molecule has 101 heavy (non-hydrogen) atoms. The predicted molar refractivity (Wildman–Crippen MR) is 414 cm³/mol. The summed E-state index contributed by atoms with van der Waals surface area (Å²) in [7, 11) is -9.92. The maximum Gasteiger partial charge on any atom is 0.472 e. The van der Waals surface area contributed by atoms with E-state index in [2.05, 4.69) is 48.5 Å². The van der Waals surface area contributed by atoms with E-state index >= 15 is 0 Å². The van der Waals surface area contributed by atoms with Gasteiger partial charge in [0.15, 0.2) is 12.2 Å². The van der Waals surface area contributed by atoms with Crippen molar-refractivity contribution in [3.63, 3.8) is 0 Å². The molecule has 0 amide bonds. The van der Waals surface area contributed by atoms with Crippen LogP contribution in [-0.4, -0.2) is 96.7 Å². The molecule has 19 heteroatoms. The van der Waals surface area contributed by atoms with Crippen molar-refractivity contribution in [2.45, 2.75) is 446 Å². The molecule has 0 aromatic heterocycles. The zero-order valence-electron chi connectivity index (χ0n) is 66.4. The summed E-state index contributed by atoms with van der Waals surface area (Å²) in [5, 5.41) is 10.6. The van der Waals surface area contributed by atoms with Gasteiger partial charge in [-0.05, 0) is 43.4 Å². The maximum atomic E-state index is 13.1. The van der Waals surface area contributed by atoms with Gasteiger partial charge in [-0.25, -0.2) is 9.13 Å². The molecular weight excluding hydrogens is 1320 g/mol. The van der Waals surface area contributed by atoms with E-state index in [1.165, 1.54) is 238 Å². The number of ether oxygens (including phenoxy) is 4. The van der Waals surface area contributed by atoms with E-state index in [1.54, 1.807) is 0 Å². The molecule has 0 fully saturated rings. The normalized spacial score (nSPS) is 14.2. The van der Waals surface area contributed by atoms with Crippen LogP contribution in [0.1, 0.15) is 427 Å². The smallest absolute Gasteiger partial charge is 0.462 e. The first-order chi connectivity index (χ1) is 48.8. The standard InChI is InChI=1S/C82H160O17P2/c1-8-10-11-12-13-14-35-42-49-56-63-79(84)92-69-77(99-82(87)66-59-52-45-38-31-30-34-41-48-55-62-75(7)9-2)71-96-100(88,89)94-67-76(83)68-95-101(90,91)97-72-78(70-93-80(85)64-57-50-43-36-28-25-21-23-27-33-40-47-54-61-74(5)6)98-81(86)65-58-51-44-37-29-24-20-18-16-15-17-19-22-26-32-39-46-53-60-73(3)4/h73-78,83H,8-72H2,1-7H3,(H,88,89)(H,90,91)/t75?,76-,77+,78+/m0/s1. The van der Waals surface area contributed by atoms with Crippen LogP contribution < -0.4 is 0 Å². The molecule has 0 aromatic rings. The van der Waals surface area contributed by atoms with E-state index in [9.17, 15) is 43.2 Å². The summed E-state index contributed by atoms with van der Waals surface area (Å²) >= 11 is 0. The molecule has 3 N–H and O–H groups in total. The first kappa shape index (κ1) is 99.1. The molecular formula is C82H160O17P2. The Balaban J connectivity index is 5.23. The molecule has 0 saturated carbocycles. The quantitative estimate of drug-likeness (QED) is 0.0222. The third-order valence-corrected chi connectivity index (χ3v) is 21.4. The summed E-state index contributed by atoms with van der Waals surface area (Å²) in [4.78, 5) is 73.0. The number of carbonyl (C=O) groups excluding carboxylic acids is 4. The first-order valence-electron chi connectivity index (χ1n) is 42.4. The lowest BCUT2D eigenvalue weighted by molar-refractivity contribution is -0.161. The number of aliphatic hydroxyl groups is 1. The molecule has 0 spiro atoms. The van der Waals surface area contributed by atoms with Crippen LogP contribution in [-0.2, 0) is 65.4 Å². The van der Waals surface area contributed by atoms with Gasteiger partial charge in [0.1, 0.15) is 19.3 Å². The molecule has 600 valence electrons. The van der Waals surface area contributed by atoms with Crippen LogP contribution >= 0.6 is 15.6 Å². The number of hydrogen-bond donors (Lipinski definition) is 3. The summed E-state index contributed by atoms with van der Waals surface area (Å²) in [6.45, 7) is 12.0. The summed E-state index contributed by atoms with van der Waals surface area (Å²) in [6.07, 6.45) is 61.0. The minimum Gasteiger partial charge on any atom is -0.462 e. The average Bonchev–Trinajstić information content (AvgIpc) is 0.917. The SMILES string of the molecule is CCCCCCCCCCCCC(=O)OC[C@H](COP(=O)(O)OC[C@H](O)COP(=O)(O)OC[C@@H](COC(=O)CCCCCCCCCCCCCCCC(C)C)OC(=O)CCCCCCCCCCCCCCCCCCCCC(C)C)OC(=O)CCCCCCCCCCCCC(C)CC. The number of phosphoric acid groups is 2. The summed E-state index contributed by atoms with van der Waals surface area (Å²) < 4.78 is 68.7. The Hall–Kier alpha value is -1.94. The largest absolute Gasteiger partial charge is 0.472 e. The van der Waals surface area contributed by atoms with Crippen molar-refractivity contribution in [2.75, 3.05) is 39.6 Å². The van der Waals surface area contributed by atoms with Gasteiger partial charge in [0, 0.05) is 25.7 Å². The summed E-state index contributed by atoms with van der Waals surface area (Å²) in [5.41, 5.74) is 0. The minimum absolute atomic E-state index is 0.106. The van der Waals surface area contributed by atoms with Gasteiger partial charge in [0.05, 0.1) is 26.4 Å². The van der Waals surface area contributed by atoms with Gasteiger partial charge in [-0.15, -0.1) is 0 Å². The van der Waals surface area contributed by atoms with Crippen LogP contribution in [0.4, 0.5) is 0 Å². The number of rotatable bonds is 80. The molecule has 0 aliphatic carbocycles. The second-order valence-corrected chi connectivity index (χ2v) is 33.6. The minimum atomic E-state index is -4.96. The fourth-order valence-electron chi connectivity index (χ4n) is 12.6. The van der Waals surface area contributed by atoms with Crippen molar-refractivity contribution in [3.05, 3.63) is 0 Å². The fraction of sp³-hybridized carbons (Fsp3) is 0.951. The van der Waals surface area contributed by atoms with Gasteiger partial charge in [0.2, 0.25) is 0 Å². The summed E-state index contributed by atoms with van der Waals surface area (Å²) in [5.74, 6) is 0.305. The Bertz CT molecular complexity index is 1960. The van der Waals surface area contributed by atoms with E-state index in [0.29, 0.717) is 25.7 Å². The van der Waals surface area contributed by atoms with Gasteiger partial charge in [-0.1, -0.05) is 376 Å². The number of hydrogen-bond acceptors (Lipinski definition) is 15. The second-order valence-electron chi connectivity index (χ2n) is 30.7. The first-order valence-corrected chi connectivity index (χ1v) is 45.4. The van der Waals surface area contributed by atoms with Crippen LogP contribution in [0.5, 0.6) is 0 Å². The van der Waals surface area contributed by atoms with Crippen molar-refractivity contribution in [3.8, 4) is 0 Å². The predicted octanol–water partition coefficient (Wildman–Crippen LogP) is 24.5. The van der Waals surface area contributed by atoms with Crippen LogP contribution in [0, 0.1) is 17.8 Å². The number of carbonyl (C=O) groups is 4. The lowest BCUT2D eigenvalue weighted by Gasteiger charge is -2.21. The monoisotopic (exact) mass is 1480 g/mol. The molecule has 6 atom stereocenters. The second kappa shape index (κ2) is 72.3. The number of unbranched alkanes of at least 4 members (excludes halogenated alkanes) is 47. The van der Waals surface area contributed by atoms with Crippen LogP contribution in [0.2, 0.25) is 0 Å². The van der Waals surface area contributed by atoms with Crippen molar-refractivity contribution < 1.29 is 80.2 Å². The number of esters is 4. The van der Waals surface area contributed by atoms with E-state index in [4.69, 9.17) is 37.0 Å². The highest BCUT2D eigenvalue weighted by Gasteiger charge is 2.30. The molecule has 0 bridgehead atoms. The molecule has 0 saturated heterocycles. The van der Waals surface area contributed by atoms with Gasteiger partial charge >= 0.3 is 39.5 Å². The van der Waals surface area contributed by atoms with Crippen molar-refractivity contribution in [1.82, 2.24) is 0 Å². The molecule has 0 aromatic carbocycles. The van der Waals surface area contributed by atoms with Crippen LogP contribution in [0.3, 0.4) is 0 Å². The number of aliphatic hydroxyl groups excluding tert-OH is 1. The van der Waals surface area contributed by atoms with Crippen molar-refractivity contribution in [2.24, 2.45) is 17.8 Å². The highest BCUT2D eigenvalue weighted by molar-refractivity contribution is 7.47. The molecule has 0 heterocycles. The van der Waals surface area contributed by atoms with E-state index in [-0.39, 0.29) is 25.7 Å². The molecule has 17 nitrogen and oxygen atoms in total. The molecule has 0 aliphatic rings. The highest BCUT2D eigenvalue weighted by atomic mass is 31.2. The molecule has 0 radical (unpaired) electrons. The van der Waals surface area contributed by atoms with E-state index in [0.717, 1.165) is 108 Å². The molecule has 0 rings (SSSR count). The Morgan fingerprint density at radius 3 is 0.752 bits per heavy atom. The lowest BCUT2D eigenvalue weighted by Crippen LogP contribution is -2.30. The molecule has 0 aliphatic heterocycles. The Labute approximate surface area is 619 Å². The number of phosphoric ester groups is 2. The topological polar surface area (TPSA) is 237 Å². The lowest BCUT2D eigenvalue weighted by atomic mass is 9.99. The average molecular weight is 1480 g/mol. The Morgan fingerprint density at radius 1 is 0.287 bits per heavy atom. The van der Waals surface area contributed by atoms with E-state index < -0.39 is 97.5 Å². The fourth-order valence-corrected chi connectivity index (χ4v) is 14.2. The van der Waals surface area contributed by atoms with Crippen molar-refractivity contribution in [1.29, 1.82) is 0 Å². The Morgan fingerprint density at radius 2 is 0.505 bits per heavy atom. The van der Waals surface area contributed by atoms with Crippen LogP contribution in [0.25, 0.3) is 0 Å². The third-order valence-electron chi connectivity index (χ3n) is 19.5. The van der Waals surface area contributed by atoms with Gasteiger partial charge in [-0.3, -0.25) is 37.3 Å². The maximum absolute atomic E-state index is 13.1. The van der Waals surface area contributed by atoms with Crippen LogP contribution in [0.15, 0.2) is 0 Å². The van der Waals surface area contributed by atoms with Gasteiger partial charge in [-0.2, -0.15) is 0 Å². The third kappa shape index (κ3) is 74.7.